The third-order valence-corrected chi connectivity index (χ3v) is 6.40. The summed E-state index contributed by atoms with van der Waals surface area (Å²) < 4.78 is 0. The maximum atomic E-state index is 12.4. The van der Waals surface area contributed by atoms with Crippen LogP contribution in [0.15, 0.2) is 73.1 Å². The standard InChI is InChI=1S/C28H32N6O3/c1-29-26(35)11-7-3-6-10-25(34(28(36)37)19-20-8-4-2-5-9-20)27-30-18-24(32-27)22-14-12-21(13-15-22)23-16-17-31-33-23/h2,4-5,8-9,12-18,25H,3,6-7,10-11,19H2,1H3,(H,29,35)(H,30,32)(H,31,33)(H,36,37). The largest absolute Gasteiger partial charge is 0.465 e. The number of aromatic amines is 2. The van der Waals surface area contributed by atoms with Crippen molar-refractivity contribution in [2.45, 2.75) is 44.7 Å². The van der Waals surface area contributed by atoms with Crippen molar-refractivity contribution in [1.82, 2.24) is 30.4 Å². The fraction of sp³-hybridized carbons (Fsp3) is 0.286. The van der Waals surface area contributed by atoms with Crippen LogP contribution in [0.3, 0.4) is 0 Å². The number of nitrogens with one attached hydrogen (secondary N) is 3. The number of unbranched alkanes of at least 4 members (excludes halogenated alkanes) is 2. The van der Waals surface area contributed by atoms with Crippen molar-refractivity contribution in [2.75, 3.05) is 7.05 Å². The summed E-state index contributed by atoms with van der Waals surface area (Å²) in [6.45, 7) is 0.258. The number of carbonyl (C=O) groups is 2. The zero-order chi connectivity index (χ0) is 26.0. The molecule has 37 heavy (non-hydrogen) atoms. The van der Waals surface area contributed by atoms with Crippen molar-refractivity contribution in [3.63, 3.8) is 0 Å². The number of carboxylic acid groups (broad SMARTS) is 1. The van der Waals surface area contributed by atoms with E-state index in [1.807, 2.05) is 60.7 Å². The average Bonchev–Trinajstić information content (AvgIpc) is 3.63. The van der Waals surface area contributed by atoms with Gasteiger partial charge in [-0.1, -0.05) is 67.4 Å². The number of H-pyrrole nitrogens is 2. The van der Waals surface area contributed by atoms with Crippen LogP contribution in [0, 0.1) is 0 Å². The molecule has 1 unspecified atom stereocenters. The number of benzene rings is 2. The van der Waals surface area contributed by atoms with Crippen molar-refractivity contribution in [1.29, 1.82) is 0 Å². The van der Waals surface area contributed by atoms with Gasteiger partial charge in [-0.3, -0.25) is 14.8 Å². The van der Waals surface area contributed by atoms with Crippen LogP contribution in [0.5, 0.6) is 0 Å². The Kier molecular flexibility index (Phi) is 8.70. The fourth-order valence-corrected chi connectivity index (χ4v) is 4.36. The first-order valence-corrected chi connectivity index (χ1v) is 12.4. The molecule has 4 N–H and O–H groups in total. The molecule has 0 saturated carbocycles. The maximum Gasteiger partial charge on any atom is 0.408 e. The van der Waals surface area contributed by atoms with Crippen LogP contribution >= 0.6 is 0 Å². The van der Waals surface area contributed by atoms with Crippen molar-refractivity contribution in [3.8, 4) is 22.5 Å². The number of aromatic nitrogens is 4. The molecule has 0 spiro atoms. The Labute approximate surface area is 216 Å². The molecule has 192 valence electrons. The van der Waals surface area contributed by atoms with E-state index in [2.05, 4.69) is 25.5 Å². The van der Waals surface area contributed by atoms with Crippen molar-refractivity contribution in [2.24, 2.45) is 0 Å². The summed E-state index contributed by atoms with van der Waals surface area (Å²) in [5.41, 5.74) is 4.65. The van der Waals surface area contributed by atoms with Gasteiger partial charge >= 0.3 is 6.09 Å². The van der Waals surface area contributed by atoms with E-state index in [1.165, 1.54) is 4.90 Å². The van der Waals surface area contributed by atoms with E-state index >= 15 is 0 Å². The van der Waals surface area contributed by atoms with Crippen LogP contribution in [0.4, 0.5) is 4.79 Å². The van der Waals surface area contributed by atoms with Gasteiger partial charge in [-0.05, 0) is 35.6 Å². The molecule has 4 aromatic rings. The Morgan fingerprint density at radius 2 is 1.70 bits per heavy atom. The van der Waals surface area contributed by atoms with Crippen molar-refractivity contribution in [3.05, 3.63) is 84.4 Å². The predicted octanol–water partition coefficient (Wildman–Crippen LogP) is 5.38. The number of imidazole rings is 1. The summed E-state index contributed by atoms with van der Waals surface area (Å²) >= 11 is 0. The van der Waals surface area contributed by atoms with Crippen molar-refractivity contribution >= 4 is 12.0 Å². The molecule has 9 nitrogen and oxygen atoms in total. The third kappa shape index (κ3) is 6.84. The van der Waals surface area contributed by atoms with Gasteiger partial charge in [-0.2, -0.15) is 5.10 Å². The quantitative estimate of drug-likeness (QED) is 0.194. The van der Waals surface area contributed by atoms with E-state index in [0.29, 0.717) is 18.7 Å². The molecule has 2 heterocycles. The molecule has 2 aromatic carbocycles. The summed E-state index contributed by atoms with van der Waals surface area (Å²) in [5.74, 6) is 0.624. The molecule has 0 saturated heterocycles. The van der Waals surface area contributed by atoms with Crippen LogP contribution in [0.25, 0.3) is 22.5 Å². The monoisotopic (exact) mass is 500 g/mol. The minimum atomic E-state index is -0.999. The third-order valence-electron chi connectivity index (χ3n) is 6.40. The smallest absolute Gasteiger partial charge is 0.408 e. The Morgan fingerprint density at radius 1 is 0.973 bits per heavy atom. The van der Waals surface area contributed by atoms with Crippen LogP contribution in [-0.2, 0) is 11.3 Å². The normalized spacial score (nSPS) is 11.7. The second kappa shape index (κ2) is 12.5. The van der Waals surface area contributed by atoms with E-state index < -0.39 is 12.1 Å². The zero-order valence-corrected chi connectivity index (χ0v) is 20.9. The molecule has 9 heteroatoms. The average molecular weight is 501 g/mol. The van der Waals surface area contributed by atoms with E-state index in [0.717, 1.165) is 47.3 Å². The van der Waals surface area contributed by atoms with Crippen LogP contribution in [-0.4, -0.2) is 49.2 Å². The molecule has 1 atom stereocenters. The molecular weight excluding hydrogens is 468 g/mol. The highest BCUT2D eigenvalue weighted by atomic mass is 16.4. The van der Waals surface area contributed by atoms with Crippen LogP contribution in [0.1, 0.15) is 49.5 Å². The minimum Gasteiger partial charge on any atom is -0.465 e. The first kappa shape index (κ1) is 25.7. The summed E-state index contributed by atoms with van der Waals surface area (Å²) in [6.07, 6.45) is 5.88. The van der Waals surface area contributed by atoms with Gasteiger partial charge in [0.15, 0.2) is 0 Å². The lowest BCUT2D eigenvalue weighted by Gasteiger charge is -2.28. The lowest BCUT2D eigenvalue weighted by atomic mass is 10.0. The molecule has 2 amide bonds. The van der Waals surface area contributed by atoms with Gasteiger partial charge < -0.3 is 15.4 Å². The number of hydrogen-bond donors (Lipinski definition) is 4. The van der Waals surface area contributed by atoms with Gasteiger partial charge in [0.1, 0.15) is 5.82 Å². The Morgan fingerprint density at radius 3 is 2.35 bits per heavy atom. The SMILES string of the molecule is CNC(=O)CCCCCC(c1ncc(-c2ccc(-c3ccn[nH]3)cc2)[nH]1)N(Cc1ccccc1)C(=O)O. The summed E-state index contributed by atoms with van der Waals surface area (Å²) in [4.78, 5) is 33.4. The second-order valence-electron chi connectivity index (χ2n) is 8.91. The second-order valence-corrected chi connectivity index (χ2v) is 8.91. The molecule has 0 bridgehead atoms. The zero-order valence-electron chi connectivity index (χ0n) is 20.9. The first-order valence-electron chi connectivity index (χ1n) is 12.4. The van der Waals surface area contributed by atoms with Gasteiger partial charge in [0.2, 0.25) is 5.91 Å². The number of hydrogen-bond acceptors (Lipinski definition) is 4. The van der Waals surface area contributed by atoms with Gasteiger partial charge in [0, 0.05) is 26.2 Å². The lowest BCUT2D eigenvalue weighted by molar-refractivity contribution is -0.120. The van der Waals surface area contributed by atoms with E-state index in [9.17, 15) is 14.7 Å². The summed E-state index contributed by atoms with van der Waals surface area (Å²) in [5, 5.41) is 19.7. The highest BCUT2D eigenvalue weighted by Gasteiger charge is 2.27. The molecule has 4 rings (SSSR count). The molecule has 0 aliphatic heterocycles. The summed E-state index contributed by atoms with van der Waals surface area (Å²) in [6, 6.07) is 19.0. The van der Waals surface area contributed by atoms with Gasteiger partial charge in [-0.25, -0.2) is 9.78 Å². The Balaban J connectivity index is 1.53. The molecule has 0 radical (unpaired) electrons. The number of rotatable bonds is 12. The van der Waals surface area contributed by atoms with Crippen molar-refractivity contribution < 1.29 is 14.7 Å². The highest BCUT2D eigenvalue weighted by Crippen LogP contribution is 2.30. The van der Waals surface area contributed by atoms with Crippen LogP contribution in [0.2, 0.25) is 0 Å². The minimum absolute atomic E-state index is 0.0158. The molecule has 0 fully saturated rings. The predicted molar refractivity (Wildman–Crippen MR) is 142 cm³/mol. The molecule has 2 aromatic heterocycles. The number of carbonyl (C=O) groups excluding carboxylic acids is 1. The lowest BCUT2D eigenvalue weighted by Crippen LogP contribution is -2.34. The number of amides is 2. The topological polar surface area (TPSA) is 127 Å². The van der Waals surface area contributed by atoms with E-state index in [4.69, 9.17) is 0 Å². The summed E-state index contributed by atoms with van der Waals surface area (Å²) in [7, 11) is 1.63. The fourth-order valence-electron chi connectivity index (χ4n) is 4.36. The Bertz CT molecular complexity index is 1270. The molecular formula is C28H32N6O3. The van der Waals surface area contributed by atoms with Gasteiger partial charge in [-0.15, -0.1) is 0 Å². The molecule has 0 aliphatic rings. The van der Waals surface area contributed by atoms with E-state index in [1.54, 1.807) is 19.4 Å². The van der Waals surface area contributed by atoms with Gasteiger partial charge in [0.05, 0.1) is 23.6 Å². The molecule has 0 aliphatic carbocycles. The van der Waals surface area contributed by atoms with Crippen LogP contribution < -0.4 is 5.32 Å². The number of nitrogens with zero attached hydrogens (tertiary/aromatic N) is 3. The maximum absolute atomic E-state index is 12.4. The highest BCUT2D eigenvalue weighted by molar-refractivity contribution is 5.75. The van der Waals surface area contributed by atoms with E-state index in [-0.39, 0.29) is 12.5 Å². The van der Waals surface area contributed by atoms with Gasteiger partial charge in [0.25, 0.3) is 0 Å². The first-order chi connectivity index (χ1) is 18.0. The Hall–Kier alpha value is -4.40.